The van der Waals surface area contributed by atoms with E-state index in [9.17, 15) is 13.6 Å². The third-order valence-electron chi connectivity index (χ3n) is 4.33. The van der Waals surface area contributed by atoms with Crippen molar-refractivity contribution in [3.8, 4) is 0 Å². The number of nitrogens with zero attached hydrogens (tertiary/aromatic N) is 2. The standard InChI is InChI=1S/C17H20F2N4O/c1-3-13-14(10-23(2)22-13)21-16(24)20-9-12-15(17(12,18)19)11-7-5-4-6-8-11/h4-8,10,12,15H,3,9H2,1-2H3,(H2,20,21,24)/t12-,15-/m1/s1. The number of carbonyl (C=O) groups is 1. The van der Waals surface area contributed by atoms with Crippen LogP contribution in [0.15, 0.2) is 36.5 Å². The minimum absolute atomic E-state index is 0.0693. The van der Waals surface area contributed by atoms with Crippen LogP contribution in [0.5, 0.6) is 0 Å². The number of hydrogen-bond acceptors (Lipinski definition) is 2. The second-order valence-corrected chi connectivity index (χ2v) is 6.02. The Labute approximate surface area is 139 Å². The molecule has 7 heteroatoms. The van der Waals surface area contributed by atoms with Crippen molar-refractivity contribution >= 4 is 11.7 Å². The number of hydrogen-bond donors (Lipinski definition) is 2. The van der Waals surface area contributed by atoms with Gasteiger partial charge in [-0.2, -0.15) is 5.10 Å². The summed E-state index contributed by atoms with van der Waals surface area (Å²) in [6, 6.07) is 8.19. The van der Waals surface area contributed by atoms with Crippen LogP contribution in [-0.4, -0.2) is 28.3 Å². The number of benzene rings is 1. The number of aromatic nitrogens is 2. The van der Waals surface area contributed by atoms with E-state index in [0.29, 0.717) is 17.7 Å². The van der Waals surface area contributed by atoms with Crippen molar-refractivity contribution < 1.29 is 13.6 Å². The monoisotopic (exact) mass is 334 g/mol. The van der Waals surface area contributed by atoms with Crippen molar-refractivity contribution in [3.05, 3.63) is 47.8 Å². The van der Waals surface area contributed by atoms with Gasteiger partial charge in [-0.1, -0.05) is 37.3 Å². The Hall–Kier alpha value is -2.44. The first-order chi connectivity index (χ1) is 11.4. The molecule has 2 amide bonds. The molecule has 0 spiro atoms. The van der Waals surface area contributed by atoms with E-state index in [0.717, 1.165) is 5.69 Å². The highest BCUT2D eigenvalue weighted by Gasteiger charge is 2.68. The lowest BCUT2D eigenvalue weighted by Crippen LogP contribution is -2.31. The molecule has 24 heavy (non-hydrogen) atoms. The first-order valence-corrected chi connectivity index (χ1v) is 7.93. The summed E-state index contributed by atoms with van der Waals surface area (Å²) in [6.45, 7) is 1.86. The van der Waals surface area contributed by atoms with Crippen LogP contribution < -0.4 is 10.6 Å². The van der Waals surface area contributed by atoms with Crippen LogP contribution in [0, 0.1) is 5.92 Å². The van der Waals surface area contributed by atoms with Crippen LogP contribution >= 0.6 is 0 Å². The Bertz CT molecular complexity index is 729. The summed E-state index contributed by atoms with van der Waals surface area (Å²) >= 11 is 0. The number of urea groups is 1. The zero-order chi connectivity index (χ0) is 17.3. The molecule has 2 atom stereocenters. The molecular formula is C17H20F2N4O. The van der Waals surface area contributed by atoms with Crippen molar-refractivity contribution in [2.45, 2.75) is 25.2 Å². The van der Waals surface area contributed by atoms with Gasteiger partial charge >= 0.3 is 6.03 Å². The fourth-order valence-electron chi connectivity index (χ4n) is 3.03. The molecule has 2 aromatic rings. The number of carbonyl (C=O) groups excluding carboxylic acids is 1. The second kappa shape index (κ2) is 6.22. The van der Waals surface area contributed by atoms with Gasteiger partial charge in [-0.3, -0.25) is 4.68 Å². The molecule has 5 nitrogen and oxygen atoms in total. The summed E-state index contributed by atoms with van der Waals surface area (Å²) in [7, 11) is 1.76. The molecule has 1 heterocycles. The number of amides is 2. The first-order valence-electron chi connectivity index (χ1n) is 7.93. The second-order valence-electron chi connectivity index (χ2n) is 6.02. The van der Waals surface area contributed by atoms with Gasteiger partial charge in [0.15, 0.2) is 0 Å². The van der Waals surface area contributed by atoms with Gasteiger partial charge in [0.05, 0.1) is 23.2 Å². The summed E-state index contributed by atoms with van der Waals surface area (Å²) in [5, 5.41) is 9.43. The smallest absolute Gasteiger partial charge is 0.319 e. The van der Waals surface area contributed by atoms with E-state index < -0.39 is 23.8 Å². The van der Waals surface area contributed by atoms with E-state index in [4.69, 9.17) is 0 Å². The van der Waals surface area contributed by atoms with Crippen LogP contribution in [-0.2, 0) is 13.5 Å². The van der Waals surface area contributed by atoms with Crippen molar-refractivity contribution in [1.82, 2.24) is 15.1 Å². The van der Waals surface area contributed by atoms with Crippen LogP contribution in [0.3, 0.4) is 0 Å². The molecule has 0 bridgehead atoms. The molecule has 0 unspecified atom stereocenters. The summed E-state index contributed by atoms with van der Waals surface area (Å²) < 4.78 is 29.5. The average Bonchev–Trinajstić information content (AvgIpc) is 2.91. The molecular weight excluding hydrogens is 314 g/mol. The van der Waals surface area contributed by atoms with Gasteiger partial charge in [-0.25, -0.2) is 13.6 Å². The van der Waals surface area contributed by atoms with Crippen LogP contribution in [0.1, 0.15) is 24.1 Å². The van der Waals surface area contributed by atoms with Crippen molar-refractivity contribution in [1.29, 1.82) is 0 Å². The summed E-state index contributed by atoms with van der Waals surface area (Å²) in [5.41, 5.74) is 1.96. The number of rotatable bonds is 5. The number of nitrogens with one attached hydrogen (secondary N) is 2. The minimum atomic E-state index is -2.78. The van der Waals surface area contributed by atoms with Gasteiger partial charge in [-0.15, -0.1) is 0 Å². The summed E-state index contributed by atoms with van der Waals surface area (Å²) in [5.74, 6) is -4.48. The Morgan fingerprint density at radius 3 is 2.71 bits per heavy atom. The zero-order valence-corrected chi connectivity index (χ0v) is 13.6. The number of anilines is 1. The van der Waals surface area contributed by atoms with Gasteiger partial charge in [0.25, 0.3) is 5.92 Å². The quantitative estimate of drug-likeness (QED) is 0.882. The molecule has 128 valence electrons. The number of alkyl halides is 2. The van der Waals surface area contributed by atoms with Gasteiger partial charge < -0.3 is 10.6 Å². The van der Waals surface area contributed by atoms with E-state index in [1.165, 1.54) is 0 Å². The SMILES string of the molecule is CCc1nn(C)cc1NC(=O)NC[C@@H]1[C@@H](c2ccccc2)C1(F)F. The summed E-state index contributed by atoms with van der Waals surface area (Å²) in [4.78, 5) is 12.0. The normalized spacial score (nSPS) is 21.3. The maximum Gasteiger partial charge on any atom is 0.319 e. The predicted octanol–water partition coefficient (Wildman–Crippen LogP) is 3.15. The van der Waals surface area contributed by atoms with E-state index in [1.807, 2.05) is 6.92 Å². The van der Waals surface area contributed by atoms with Gasteiger partial charge in [-0.05, 0) is 12.0 Å². The predicted molar refractivity (Wildman–Crippen MR) is 87.2 cm³/mol. The fourth-order valence-corrected chi connectivity index (χ4v) is 3.03. The molecule has 1 aromatic heterocycles. The van der Waals surface area contributed by atoms with E-state index in [1.54, 1.807) is 48.3 Å². The van der Waals surface area contributed by atoms with E-state index >= 15 is 0 Å². The van der Waals surface area contributed by atoms with E-state index in [2.05, 4.69) is 15.7 Å². The molecule has 3 rings (SSSR count). The Morgan fingerprint density at radius 1 is 1.33 bits per heavy atom. The zero-order valence-electron chi connectivity index (χ0n) is 13.6. The van der Waals surface area contributed by atoms with Crippen molar-refractivity contribution in [3.63, 3.8) is 0 Å². The van der Waals surface area contributed by atoms with Crippen molar-refractivity contribution in [2.75, 3.05) is 11.9 Å². The fraction of sp³-hybridized carbons (Fsp3) is 0.412. The third-order valence-corrected chi connectivity index (χ3v) is 4.33. The largest absolute Gasteiger partial charge is 0.337 e. The molecule has 1 saturated carbocycles. The van der Waals surface area contributed by atoms with Crippen LogP contribution in [0.25, 0.3) is 0 Å². The molecule has 1 aromatic carbocycles. The van der Waals surface area contributed by atoms with Gasteiger partial charge in [0.2, 0.25) is 0 Å². The lowest BCUT2D eigenvalue weighted by Gasteiger charge is -2.06. The highest BCUT2D eigenvalue weighted by molar-refractivity contribution is 5.89. The van der Waals surface area contributed by atoms with Crippen LogP contribution in [0.2, 0.25) is 0 Å². The molecule has 1 fully saturated rings. The molecule has 0 saturated heterocycles. The molecule has 0 aliphatic heterocycles. The molecule has 1 aliphatic rings. The Kier molecular flexibility index (Phi) is 4.26. The van der Waals surface area contributed by atoms with E-state index in [-0.39, 0.29) is 6.54 Å². The maximum atomic E-state index is 14.0. The molecule has 2 N–H and O–H groups in total. The Morgan fingerprint density at radius 2 is 2.04 bits per heavy atom. The van der Waals surface area contributed by atoms with Crippen molar-refractivity contribution in [2.24, 2.45) is 13.0 Å². The topological polar surface area (TPSA) is 59.0 Å². The Balaban J connectivity index is 1.57. The minimum Gasteiger partial charge on any atom is -0.337 e. The third kappa shape index (κ3) is 3.11. The number of aryl methyl sites for hydroxylation is 2. The van der Waals surface area contributed by atoms with Gasteiger partial charge in [0, 0.05) is 19.8 Å². The maximum absolute atomic E-state index is 14.0. The average molecular weight is 334 g/mol. The highest BCUT2D eigenvalue weighted by Crippen LogP contribution is 2.61. The van der Waals surface area contributed by atoms with Crippen LogP contribution in [0.4, 0.5) is 19.3 Å². The lowest BCUT2D eigenvalue weighted by atomic mass is 10.1. The lowest BCUT2D eigenvalue weighted by molar-refractivity contribution is 0.0936. The first kappa shape index (κ1) is 16.4. The highest BCUT2D eigenvalue weighted by atomic mass is 19.3. The number of halogens is 2. The summed E-state index contributed by atoms with van der Waals surface area (Å²) in [6.07, 6.45) is 2.37. The molecule has 1 aliphatic carbocycles. The van der Waals surface area contributed by atoms with Gasteiger partial charge in [0.1, 0.15) is 0 Å². The molecule has 0 radical (unpaired) electrons.